The molecule has 2 aromatic rings. The monoisotopic (exact) mass is 608 g/mol. The van der Waals surface area contributed by atoms with E-state index in [9.17, 15) is 18.0 Å². The van der Waals surface area contributed by atoms with Crippen molar-refractivity contribution < 1.29 is 36.7 Å². The molecular weight excluding hydrogens is 579 g/mol. The van der Waals surface area contributed by atoms with Crippen LogP contribution in [0.25, 0.3) is 0 Å². The fourth-order valence-electron chi connectivity index (χ4n) is 2.62. The van der Waals surface area contributed by atoms with Crippen LogP contribution in [0.3, 0.4) is 0 Å². The molecule has 0 atom stereocenters. The molecule has 0 aliphatic carbocycles. The van der Waals surface area contributed by atoms with Crippen LogP contribution in [0.2, 0.25) is 0 Å². The van der Waals surface area contributed by atoms with Gasteiger partial charge in [-0.25, -0.2) is 18.0 Å². The summed E-state index contributed by atoms with van der Waals surface area (Å²) in [6, 6.07) is 6.20. The Morgan fingerprint density at radius 3 is 2.29 bits per heavy atom. The van der Waals surface area contributed by atoms with E-state index in [2.05, 4.69) is 5.16 Å². The van der Waals surface area contributed by atoms with Crippen molar-refractivity contribution in [1.29, 1.82) is 0 Å². The minimum atomic E-state index is -4.44. The molecule has 0 aliphatic rings. The minimum Gasteiger partial charge on any atom is -0.463 e. The first-order valence-corrected chi connectivity index (χ1v) is 13.1. The number of hydrogen-bond donors (Lipinski definition) is 0. The van der Waals surface area contributed by atoms with Gasteiger partial charge >= 0.3 is 12.1 Å². The summed E-state index contributed by atoms with van der Waals surface area (Å²) < 4.78 is 47.9. The molecule has 12 heteroatoms. The van der Waals surface area contributed by atoms with Gasteiger partial charge in [-0.15, -0.1) is 4.31 Å². The molecule has 0 aliphatic heterocycles. The standard InChI is InChI=1S/C22H29IN2O8S/c1-7-30-17(26)13-31-19-18(23)20(33-24-19)25(21(27)32-12-14(2)3)34(28,29)16-10-8-15(9-11-16)22(4,5)6/h8-11,14H,7,12-13H2,1-6H3. The predicted molar refractivity (Wildman–Crippen MR) is 132 cm³/mol. The highest BCUT2D eigenvalue weighted by Crippen LogP contribution is 2.35. The molecule has 2 rings (SSSR count). The third-order valence-corrected chi connectivity index (χ3v) is 6.96. The Hall–Kier alpha value is -2.35. The Morgan fingerprint density at radius 2 is 1.76 bits per heavy atom. The maximum absolute atomic E-state index is 13.5. The quantitative estimate of drug-likeness (QED) is 0.299. The van der Waals surface area contributed by atoms with E-state index in [4.69, 9.17) is 18.7 Å². The van der Waals surface area contributed by atoms with Crippen LogP contribution in [0.1, 0.15) is 47.1 Å². The van der Waals surface area contributed by atoms with Gasteiger partial charge in [0.05, 0.1) is 18.1 Å². The second kappa shape index (κ2) is 11.4. The first kappa shape index (κ1) is 27.9. The van der Waals surface area contributed by atoms with Crippen molar-refractivity contribution >= 4 is 50.6 Å². The number of sulfonamides is 1. The topological polar surface area (TPSA) is 125 Å². The third kappa shape index (κ3) is 6.84. The van der Waals surface area contributed by atoms with Crippen molar-refractivity contribution in [3.63, 3.8) is 0 Å². The van der Waals surface area contributed by atoms with Crippen LogP contribution >= 0.6 is 22.6 Å². The van der Waals surface area contributed by atoms with Crippen molar-refractivity contribution in [2.24, 2.45) is 5.92 Å². The van der Waals surface area contributed by atoms with Gasteiger partial charge in [-0.3, -0.25) is 0 Å². The second-order valence-electron chi connectivity index (χ2n) is 8.72. The highest BCUT2D eigenvalue weighted by Gasteiger charge is 2.38. The molecule has 1 aromatic heterocycles. The van der Waals surface area contributed by atoms with E-state index in [0.29, 0.717) is 4.31 Å². The zero-order chi connectivity index (χ0) is 25.7. The summed E-state index contributed by atoms with van der Waals surface area (Å²) in [5.74, 6) is -1.24. The number of esters is 1. The van der Waals surface area contributed by atoms with Gasteiger partial charge < -0.3 is 18.7 Å². The smallest absolute Gasteiger partial charge is 0.431 e. The average molecular weight is 608 g/mol. The van der Waals surface area contributed by atoms with Gasteiger partial charge in [0, 0.05) is 0 Å². The van der Waals surface area contributed by atoms with Gasteiger partial charge in [0.2, 0.25) is 0 Å². The van der Waals surface area contributed by atoms with Crippen molar-refractivity contribution in [3.8, 4) is 5.88 Å². The van der Waals surface area contributed by atoms with Gasteiger partial charge in [-0.2, -0.15) is 0 Å². The maximum atomic E-state index is 13.5. The molecule has 10 nitrogen and oxygen atoms in total. The molecule has 1 amide bonds. The van der Waals surface area contributed by atoms with E-state index in [1.54, 1.807) is 41.6 Å². The van der Waals surface area contributed by atoms with Crippen molar-refractivity contribution in [3.05, 3.63) is 33.4 Å². The lowest BCUT2D eigenvalue weighted by molar-refractivity contribution is -0.145. The molecule has 0 fully saturated rings. The molecule has 188 valence electrons. The Bertz CT molecular complexity index is 1100. The summed E-state index contributed by atoms with van der Waals surface area (Å²) in [5.41, 5.74) is 0.730. The normalized spacial score (nSPS) is 11.9. The first-order chi connectivity index (χ1) is 15.8. The van der Waals surface area contributed by atoms with Gasteiger partial charge in [-0.05, 0) is 63.7 Å². The number of benzene rings is 1. The van der Waals surface area contributed by atoms with Crippen LogP contribution in [-0.4, -0.2) is 45.5 Å². The van der Waals surface area contributed by atoms with E-state index < -0.39 is 34.6 Å². The predicted octanol–water partition coefficient (Wildman–Crippen LogP) is 4.51. The Morgan fingerprint density at radius 1 is 1.15 bits per heavy atom. The Kier molecular flexibility index (Phi) is 9.34. The average Bonchev–Trinajstić information content (AvgIpc) is 3.10. The number of halogens is 1. The number of nitrogens with zero attached hydrogens (tertiary/aromatic N) is 2. The summed E-state index contributed by atoms with van der Waals surface area (Å²) in [7, 11) is -4.44. The van der Waals surface area contributed by atoms with E-state index in [-0.39, 0.29) is 38.9 Å². The molecule has 0 spiro atoms. The molecule has 1 heterocycles. The molecule has 0 radical (unpaired) electrons. The highest BCUT2D eigenvalue weighted by molar-refractivity contribution is 14.1. The van der Waals surface area contributed by atoms with Crippen molar-refractivity contribution in [2.75, 3.05) is 24.1 Å². The van der Waals surface area contributed by atoms with Gasteiger partial charge in [0.25, 0.3) is 21.8 Å². The van der Waals surface area contributed by atoms with E-state index in [1.807, 2.05) is 34.6 Å². The molecule has 0 bridgehead atoms. The molecule has 0 saturated heterocycles. The van der Waals surface area contributed by atoms with Gasteiger partial charge in [0.15, 0.2) is 6.61 Å². The number of anilines is 1. The molecule has 34 heavy (non-hydrogen) atoms. The lowest BCUT2D eigenvalue weighted by atomic mass is 9.87. The van der Waals surface area contributed by atoms with E-state index in [1.165, 1.54) is 12.1 Å². The Balaban J connectivity index is 2.46. The van der Waals surface area contributed by atoms with E-state index in [0.717, 1.165) is 5.56 Å². The van der Waals surface area contributed by atoms with Gasteiger partial charge in [0.1, 0.15) is 3.57 Å². The van der Waals surface area contributed by atoms with Crippen LogP contribution < -0.4 is 9.04 Å². The molecule has 0 unspecified atom stereocenters. The first-order valence-electron chi connectivity index (χ1n) is 10.5. The summed E-state index contributed by atoms with van der Waals surface area (Å²) in [5, 5.41) is 3.67. The number of hydrogen-bond acceptors (Lipinski definition) is 9. The van der Waals surface area contributed by atoms with Gasteiger partial charge in [-0.1, -0.05) is 46.8 Å². The van der Waals surface area contributed by atoms with Crippen LogP contribution in [0.5, 0.6) is 5.88 Å². The number of ether oxygens (including phenoxy) is 3. The van der Waals surface area contributed by atoms with Crippen LogP contribution in [0.4, 0.5) is 10.7 Å². The van der Waals surface area contributed by atoms with Crippen LogP contribution in [-0.2, 0) is 29.7 Å². The SMILES string of the molecule is CCOC(=O)COc1noc(N(C(=O)OCC(C)C)S(=O)(=O)c2ccc(C(C)(C)C)cc2)c1I. The molecule has 0 N–H and O–H groups in total. The van der Waals surface area contributed by atoms with Crippen molar-refractivity contribution in [1.82, 2.24) is 5.16 Å². The summed E-state index contributed by atoms with van der Waals surface area (Å²) >= 11 is 1.72. The lowest BCUT2D eigenvalue weighted by Crippen LogP contribution is -2.38. The fourth-order valence-corrected chi connectivity index (χ4v) is 4.66. The lowest BCUT2D eigenvalue weighted by Gasteiger charge is -2.22. The zero-order valence-electron chi connectivity index (χ0n) is 20.0. The van der Waals surface area contributed by atoms with Crippen molar-refractivity contribution in [2.45, 2.75) is 51.9 Å². The number of amides is 1. The number of rotatable bonds is 9. The maximum Gasteiger partial charge on any atom is 0.431 e. The second-order valence-corrected chi connectivity index (χ2v) is 11.6. The largest absolute Gasteiger partial charge is 0.463 e. The summed E-state index contributed by atoms with van der Waals surface area (Å²) in [6.45, 7) is 11.0. The summed E-state index contributed by atoms with van der Waals surface area (Å²) in [6.07, 6.45) is -1.15. The van der Waals surface area contributed by atoms with E-state index >= 15 is 0 Å². The molecular formula is C22H29IN2O8S. The zero-order valence-corrected chi connectivity index (χ0v) is 22.9. The number of aromatic nitrogens is 1. The van der Waals surface area contributed by atoms with Crippen LogP contribution in [0, 0.1) is 9.49 Å². The fraction of sp³-hybridized carbons (Fsp3) is 0.500. The minimum absolute atomic E-state index is 0.00918. The third-order valence-electron chi connectivity index (χ3n) is 4.37. The highest BCUT2D eigenvalue weighted by atomic mass is 127. The molecule has 1 aromatic carbocycles. The summed E-state index contributed by atoms with van der Waals surface area (Å²) in [4.78, 5) is 24.4. The number of carbonyl (C=O) groups is 2. The van der Waals surface area contributed by atoms with Crippen LogP contribution in [0.15, 0.2) is 33.7 Å². The molecule has 0 saturated carbocycles. The number of carbonyl (C=O) groups excluding carboxylic acids is 2. The Labute approximate surface area is 213 Å².